The average Bonchev–Trinajstić information content (AvgIpc) is 3.10. The summed E-state index contributed by atoms with van der Waals surface area (Å²) in [5.41, 5.74) is 6.67. The first-order valence-corrected chi connectivity index (χ1v) is 8.54. The Balaban J connectivity index is 1.55. The van der Waals surface area contributed by atoms with Crippen molar-refractivity contribution in [2.75, 3.05) is 0 Å². The van der Waals surface area contributed by atoms with Gasteiger partial charge in [0, 0.05) is 17.5 Å². The van der Waals surface area contributed by atoms with Gasteiger partial charge in [0.05, 0.1) is 12.1 Å². The minimum atomic E-state index is 0.0351. The van der Waals surface area contributed by atoms with Gasteiger partial charge in [-0.2, -0.15) is 0 Å². The molecule has 3 N–H and O–H groups in total. The van der Waals surface area contributed by atoms with Crippen LogP contribution in [0.3, 0.4) is 0 Å². The van der Waals surface area contributed by atoms with Crippen LogP contribution in [0.4, 0.5) is 0 Å². The predicted molar refractivity (Wildman–Crippen MR) is 86.6 cm³/mol. The van der Waals surface area contributed by atoms with E-state index >= 15 is 0 Å². The number of aryl methyl sites for hydroxylation is 1. The molecule has 0 aromatic carbocycles. The van der Waals surface area contributed by atoms with Crippen LogP contribution in [0.5, 0.6) is 0 Å². The van der Waals surface area contributed by atoms with E-state index in [4.69, 9.17) is 10.2 Å². The third-order valence-corrected chi connectivity index (χ3v) is 4.89. The third-order valence-electron chi connectivity index (χ3n) is 3.98. The van der Waals surface area contributed by atoms with E-state index in [-0.39, 0.29) is 11.9 Å². The molecule has 2 aromatic rings. The van der Waals surface area contributed by atoms with Gasteiger partial charge < -0.3 is 15.5 Å². The van der Waals surface area contributed by atoms with E-state index in [1.54, 1.807) is 0 Å². The number of hydrogen-bond donors (Lipinski definition) is 2. The molecule has 2 aromatic heterocycles. The summed E-state index contributed by atoms with van der Waals surface area (Å²) in [6, 6.07) is 4.38. The summed E-state index contributed by atoms with van der Waals surface area (Å²) in [5, 5.41) is 5.83. The second kappa shape index (κ2) is 6.62. The zero-order chi connectivity index (χ0) is 15.5. The van der Waals surface area contributed by atoms with Crippen LogP contribution in [0.15, 0.2) is 21.9 Å². The smallest absolute Gasteiger partial charge is 0.226 e. The molecule has 1 fully saturated rings. The van der Waals surface area contributed by atoms with Gasteiger partial charge in [-0.3, -0.25) is 4.79 Å². The van der Waals surface area contributed by atoms with Gasteiger partial charge in [-0.1, -0.05) is 0 Å². The molecule has 5 nitrogen and oxygen atoms in total. The van der Waals surface area contributed by atoms with Gasteiger partial charge in [0.15, 0.2) is 10.8 Å². The van der Waals surface area contributed by atoms with Gasteiger partial charge in [-0.15, -0.1) is 11.3 Å². The molecule has 6 heteroatoms. The third kappa shape index (κ3) is 3.75. The van der Waals surface area contributed by atoms with E-state index < -0.39 is 0 Å². The molecular formula is C16H21N3O2S. The molecule has 2 heterocycles. The highest BCUT2D eigenvalue weighted by Crippen LogP contribution is 2.25. The summed E-state index contributed by atoms with van der Waals surface area (Å²) in [7, 11) is 0. The first-order valence-electron chi connectivity index (χ1n) is 7.66. The zero-order valence-electron chi connectivity index (χ0n) is 12.7. The number of aromatic nitrogens is 1. The highest BCUT2D eigenvalue weighted by atomic mass is 32.1. The lowest BCUT2D eigenvalue weighted by Crippen LogP contribution is -2.41. The molecule has 1 aliphatic rings. The van der Waals surface area contributed by atoms with Crippen LogP contribution >= 0.6 is 11.3 Å². The normalized spacial score (nSPS) is 21.7. The quantitative estimate of drug-likeness (QED) is 0.908. The number of hydrogen-bond acceptors (Lipinski definition) is 5. The van der Waals surface area contributed by atoms with Crippen molar-refractivity contribution in [3.05, 3.63) is 29.0 Å². The Kier molecular flexibility index (Phi) is 4.59. The van der Waals surface area contributed by atoms with Crippen LogP contribution in [-0.4, -0.2) is 23.0 Å². The van der Waals surface area contributed by atoms with Gasteiger partial charge in [0.1, 0.15) is 5.76 Å². The summed E-state index contributed by atoms with van der Waals surface area (Å²) >= 11 is 1.50. The van der Waals surface area contributed by atoms with Crippen molar-refractivity contribution in [2.45, 2.75) is 51.1 Å². The number of thiazole rings is 1. The van der Waals surface area contributed by atoms with Gasteiger partial charge in [0.2, 0.25) is 5.91 Å². The maximum atomic E-state index is 12.1. The van der Waals surface area contributed by atoms with Crippen molar-refractivity contribution in [3.8, 4) is 10.8 Å². The number of rotatable bonds is 4. The fourth-order valence-corrected chi connectivity index (χ4v) is 3.54. The fraction of sp³-hybridized carbons (Fsp3) is 0.500. The molecule has 0 saturated heterocycles. The summed E-state index contributed by atoms with van der Waals surface area (Å²) in [6.07, 6.45) is 4.24. The predicted octanol–water partition coefficient (Wildman–Crippen LogP) is 2.64. The van der Waals surface area contributed by atoms with Gasteiger partial charge in [0.25, 0.3) is 0 Å². The molecule has 1 saturated carbocycles. The Hall–Kier alpha value is -1.66. The SMILES string of the molecule is Cc1ccc(-c2nc(CC(=O)NC3CCC(N)CC3)cs2)o1. The zero-order valence-corrected chi connectivity index (χ0v) is 13.5. The van der Waals surface area contributed by atoms with Gasteiger partial charge in [-0.05, 0) is 44.7 Å². The van der Waals surface area contributed by atoms with E-state index in [1.165, 1.54) is 11.3 Å². The number of nitrogens with two attached hydrogens (primary N) is 1. The van der Waals surface area contributed by atoms with E-state index in [0.717, 1.165) is 47.9 Å². The Morgan fingerprint density at radius 3 is 2.86 bits per heavy atom. The lowest BCUT2D eigenvalue weighted by atomic mass is 9.92. The largest absolute Gasteiger partial charge is 0.459 e. The molecule has 0 bridgehead atoms. The number of carbonyl (C=O) groups excluding carboxylic acids is 1. The van der Waals surface area contributed by atoms with Crippen molar-refractivity contribution < 1.29 is 9.21 Å². The highest BCUT2D eigenvalue weighted by Gasteiger charge is 2.20. The molecule has 0 atom stereocenters. The monoisotopic (exact) mass is 319 g/mol. The van der Waals surface area contributed by atoms with Crippen molar-refractivity contribution in [1.29, 1.82) is 0 Å². The Bertz CT molecular complexity index is 641. The maximum Gasteiger partial charge on any atom is 0.226 e. The minimum Gasteiger partial charge on any atom is -0.459 e. The molecule has 3 rings (SSSR count). The summed E-state index contributed by atoms with van der Waals surface area (Å²) in [4.78, 5) is 16.6. The van der Waals surface area contributed by atoms with Crippen LogP contribution in [0.25, 0.3) is 10.8 Å². The summed E-state index contributed by atoms with van der Waals surface area (Å²) < 4.78 is 5.55. The molecule has 0 spiro atoms. The average molecular weight is 319 g/mol. The van der Waals surface area contributed by atoms with E-state index in [0.29, 0.717) is 12.5 Å². The maximum absolute atomic E-state index is 12.1. The Morgan fingerprint density at radius 1 is 1.41 bits per heavy atom. The number of nitrogens with zero attached hydrogens (tertiary/aromatic N) is 1. The highest BCUT2D eigenvalue weighted by molar-refractivity contribution is 7.13. The lowest BCUT2D eigenvalue weighted by Gasteiger charge is -2.26. The van der Waals surface area contributed by atoms with Crippen molar-refractivity contribution >= 4 is 17.2 Å². The molecule has 0 radical (unpaired) electrons. The standard InChI is InChI=1S/C16H21N3O2S/c1-10-2-7-14(21-10)16-19-13(9-22-16)8-15(20)18-12-5-3-11(17)4-6-12/h2,7,9,11-12H,3-6,8,17H2,1H3,(H,18,20). The number of furan rings is 1. The fourth-order valence-electron chi connectivity index (χ4n) is 2.76. The number of nitrogens with one attached hydrogen (secondary N) is 1. The van der Waals surface area contributed by atoms with Crippen molar-refractivity contribution in [3.63, 3.8) is 0 Å². The summed E-state index contributed by atoms with van der Waals surface area (Å²) in [6.45, 7) is 1.90. The number of amides is 1. The lowest BCUT2D eigenvalue weighted by molar-refractivity contribution is -0.121. The molecule has 22 heavy (non-hydrogen) atoms. The first kappa shape index (κ1) is 15.2. The second-order valence-electron chi connectivity index (χ2n) is 5.91. The molecular weight excluding hydrogens is 298 g/mol. The van der Waals surface area contributed by atoms with Crippen molar-refractivity contribution in [2.24, 2.45) is 5.73 Å². The molecule has 0 unspecified atom stereocenters. The summed E-state index contributed by atoms with van der Waals surface area (Å²) in [5.74, 6) is 1.66. The van der Waals surface area contributed by atoms with Crippen LogP contribution < -0.4 is 11.1 Å². The minimum absolute atomic E-state index is 0.0351. The topological polar surface area (TPSA) is 81.2 Å². The van der Waals surface area contributed by atoms with E-state index in [1.807, 2.05) is 24.4 Å². The van der Waals surface area contributed by atoms with Gasteiger partial charge in [-0.25, -0.2) is 4.98 Å². The van der Waals surface area contributed by atoms with E-state index in [9.17, 15) is 4.79 Å². The Labute approximate surface area is 133 Å². The second-order valence-corrected chi connectivity index (χ2v) is 6.77. The number of carbonyl (C=O) groups is 1. The van der Waals surface area contributed by atoms with E-state index in [2.05, 4.69) is 10.3 Å². The molecule has 118 valence electrons. The van der Waals surface area contributed by atoms with Crippen LogP contribution in [0.1, 0.15) is 37.1 Å². The van der Waals surface area contributed by atoms with Crippen molar-refractivity contribution in [1.82, 2.24) is 10.3 Å². The van der Waals surface area contributed by atoms with Crippen LogP contribution in [0.2, 0.25) is 0 Å². The van der Waals surface area contributed by atoms with Crippen LogP contribution in [0, 0.1) is 6.92 Å². The van der Waals surface area contributed by atoms with Gasteiger partial charge >= 0.3 is 0 Å². The van der Waals surface area contributed by atoms with Crippen LogP contribution in [-0.2, 0) is 11.2 Å². The molecule has 1 aliphatic carbocycles. The molecule has 1 amide bonds. The Morgan fingerprint density at radius 2 is 2.18 bits per heavy atom. The molecule has 0 aliphatic heterocycles. The first-order chi connectivity index (χ1) is 10.6.